The van der Waals surface area contributed by atoms with E-state index in [2.05, 4.69) is 81.6 Å². The SMILES string of the molecule is CCC(C(N(CC)CC)=[N+](CC)CC)C(N(CC)CC)N(CC)CC.[Cl-]. The van der Waals surface area contributed by atoms with Gasteiger partial charge >= 0.3 is 0 Å². The molecule has 0 aromatic heterocycles. The van der Waals surface area contributed by atoms with Gasteiger partial charge in [-0.05, 0) is 60.3 Å². The van der Waals surface area contributed by atoms with Crippen LogP contribution in [0, 0.1) is 5.92 Å². The quantitative estimate of drug-likeness (QED) is 0.200. The topological polar surface area (TPSA) is 12.7 Å². The molecular weight excluding hydrogens is 344 g/mol. The second kappa shape index (κ2) is 15.7. The number of halogens is 1. The van der Waals surface area contributed by atoms with E-state index < -0.39 is 0 Å². The van der Waals surface area contributed by atoms with Crippen LogP contribution in [0.1, 0.15) is 68.7 Å². The van der Waals surface area contributed by atoms with Crippen LogP contribution in [0.3, 0.4) is 0 Å². The van der Waals surface area contributed by atoms with E-state index in [0.29, 0.717) is 12.1 Å². The first-order chi connectivity index (χ1) is 12.0. The van der Waals surface area contributed by atoms with Crippen molar-refractivity contribution in [2.24, 2.45) is 5.92 Å². The molecular formula is C21H47ClN4. The van der Waals surface area contributed by atoms with E-state index >= 15 is 0 Å². The molecule has 0 aliphatic heterocycles. The Morgan fingerprint density at radius 2 is 1.04 bits per heavy atom. The minimum Gasteiger partial charge on any atom is -1.00 e. The minimum absolute atomic E-state index is 0. The highest BCUT2D eigenvalue weighted by atomic mass is 35.5. The van der Waals surface area contributed by atoms with Crippen LogP contribution in [0.2, 0.25) is 0 Å². The van der Waals surface area contributed by atoms with Crippen molar-refractivity contribution in [2.75, 3.05) is 52.4 Å². The molecule has 26 heavy (non-hydrogen) atoms. The average molecular weight is 391 g/mol. The Morgan fingerprint density at radius 1 is 0.654 bits per heavy atom. The normalized spacial score (nSPS) is 12.5. The van der Waals surface area contributed by atoms with Crippen molar-refractivity contribution in [3.8, 4) is 0 Å². The first kappa shape index (κ1) is 27.9. The smallest absolute Gasteiger partial charge is 0.252 e. The van der Waals surface area contributed by atoms with Gasteiger partial charge in [-0.2, -0.15) is 0 Å². The maximum atomic E-state index is 2.66. The van der Waals surface area contributed by atoms with Crippen LogP contribution in [0.15, 0.2) is 0 Å². The van der Waals surface area contributed by atoms with Gasteiger partial charge in [0.25, 0.3) is 5.84 Å². The lowest BCUT2D eigenvalue weighted by Crippen LogP contribution is -3.00. The van der Waals surface area contributed by atoms with E-state index in [-0.39, 0.29) is 12.4 Å². The van der Waals surface area contributed by atoms with E-state index in [1.807, 2.05) is 0 Å². The van der Waals surface area contributed by atoms with Crippen LogP contribution in [-0.2, 0) is 0 Å². The largest absolute Gasteiger partial charge is 1.00 e. The Balaban J connectivity index is 0. The highest BCUT2D eigenvalue weighted by molar-refractivity contribution is 5.80. The van der Waals surface area contributed by atoms with Crippen molar-refractivity contribution in [1.29, 1.82) is 0 Å². The minimum atomic E-state index is 0. The molecule has 0 aliphatic carbocycles. The monoisotopic (exact) mass is 390 g/mol. The fourth-order valence-corrected chi connectivity index (χ4v) is 4.23. The number of amidine groups is 1. The molecule has 0 aromatic carbocycles. The highest BCUT2D eigenvalue weighted by Crippen LogP contribution is 2.23. The lowest BCUT2D eigenvalue weighted by atomic mass is 9.96. The molecule has 0 aliphatic rings. The zero-order chi connectivity index (χ0) is 19.4. The molecule has 0 saturated heterocycles. The Hall–Kier alpha value is -0.320. The zero-order valence-corrected chi connectivity index (χ0v) is 19.9. The van der Waals surface area contributed by atoms with E-state index in [1.165, 1.54) is 6.42 Å². The molecule has 0 spiro atoms. The molecule has 1 unspecified atom stereocenters. The lowest BCUT2D eigenvalue weighted by molar-refractivity contribution is -0.528. The predicted octanol–water partition coefficient (Wildman–Crippen LogP) is 0.819. The Bertz CT molecular complexity index is 343. The molecule has 0 amide bonds. The summed E-state index contributed by atoms with van der Waals surface area (Å²) in [6.45, 7) is 29.6. The van der Waals surface area contributed by atoms with E-state index in [1.54, 1.807) is 5.84 Å². The number of hydrogen-bond donors (Lipinski definition) is 0. The Kier molecular flexibility index (Phi) is 16.9. The summed E-state index contributed by atoms with van der Waals surface area (Å²) in [5.74, 6) is 2.10. The van der Waals surface area contributed by atoms with Gasteiger partial charge in [-0.3, -0.25) is 19.3 Å². The van der Waals surface area contributed by atoms with Crippen molar-refractivity contribution in [2.45, 2.75) is 74.9 Å². The molecule has 0 N–H and O–H groups in total. The molecule has 1 atom stereocenters. The van der Waals surface area contributed by atoms with Gasteiger partial charge < -0.3 is 12.4 Å². The van der Waals surface area contributed by atoms with Crippen LogP contribution >= 0.6 is 0 Å². The summed E-state index contributed by atoms with van der Waals surface area (Å²) in [5.41, 5.74) is 0. The third-order valence-electron chi connectivity index (χ3n) is 5.68. The molecule has 0 bridgehead atoms. The van der Waals surface area contributed by atoms with Gasteiger partial charge in [0.05, 0.1) is 38.3 Å². The Labute approximate surface area is 171 Å². The third kappa shape index (κ3) is 7.01. The van der Waals surface area contributed by atoms with Crippen molar-refractivity contribution >= 4 is 5.84 Å². The van der Waals surface area contributed by atoms with Crippen molar-refractivity contribution in [3.63, 3.8) is 0 Å². The van der Waals surface area contributed by atoms with Crippen LogP contribution < -0.4 is 12.4 Å². The van der Waals surface area contributed by atoms with Gasteiger partial charge in [-0.1, -0.05) is 34.6 Å². The van der Waals surface area contributed by atoms with Gasteiger partial charge in [0, 0.05) is 0 Å². The molecule has 0 fully saturated rings. The van der Waals surface area contributed by atoms with Crippen molar-refractivity contribution in [1.82, 2.24) is 14.7 Å². The second-order valence-electron chi connectivity index (χ2n) is 6.57. The number of nitrogens with zero attached hydrogens (tertiary/aromatic N) is 4. The summed E-state index contributed by atoms with van der Waals surface area (Å²) in [4.78, 5) is 7.92. The number of hydrogen-bond acceptors (Lipinski definition) is 2. The predicted molar refractivity (Wildman–Crippen MR) is 113 cm³/mol. The van der Waals surface area contributed by atoms with E-state index in [4.69, 9.17) is 0 Å². The van der Waals surface area contributed by atoms with Crippen LogP contribution in [0.5, 0.6) is 0 Å². The van der Waals surface area contributed by atoms with Crippen LogP contribution in [0.25, 0.3) is 0 Å². The van der Waals surface area contributed by atoms with Crippen LogP contribution in [-0.4, -0.2) is 83.6 Å². The van der Waals surface area contributed by atoms with Crippen LogP contribution in [0.4, 0.5) is 0 Å². The summed E-state index contributed by atoms with van der Waals surface area (Å²) >= 11 is 0. The van der Waals surface area contributed by atoms with Crippen molar-refractivity contribution < 1.29 is 17.0 Å². The van der Waals surface area contributed by atoms with E-state index in [9.17, 15) is 0 Å². The van der Waals surface area contributed by atoms with Gasteiger partial charge in [0.2, 0.25) is 0 Å². The summed E-state index contributed by atoms with van der Waals surface area (Å²) in [5, 5.41) is 0. The molecule has 4 nitrogen and oxygen atoms in total. The van der Waals surface area contributed by atoms with Crippen molar-refractivity contribution in [3.05, 3.63) is 0 Å². The molecule has 0 saturated carbocycles. The maximum absolute atomic E-state index is 2.66. The summed E-state index contributed by atoms with van der Waals surface area (Å²) in [6.07, 6.45) is 1.66. The number of rotatable bonds is 13. The highest BCUT2D eigenvalue weighted by Gasteiger charge is 2.39. The molecule has 158 valence electrons. The van der Waals surface area contributed by atoms with Gasteiger partial charge in [-0.25, -0.2) is 0 Å². The molecule has 5 heteroatoms. The van der Waals surface area contributed by atoms with E-state index in [0.717, 1.165) is 52.4 Å². The maximum Gasteiger partial charge on any atom is 0.252 e. The summed E-state index contributed by atoms with van der Waals surface area (Å²) in [7, 11) is 0. The zero-order valence-electron chi connectivity index (χ0n) is 19.2. The Morgan fingerprint density at radius 3 is 1.27 bits per heavy atom. The molecule has 0 radical (unpaired) electrons. The fraction of sp³-hybridized carbons (Fsp3) is 0.952. The summed E-state index contributed by atoms with van der Waals surface area (Å²) in [6, 6.07) is 0. The molecule has 0 heterocycles. The third-order valence-corrected chi connectivity index (χ3v) is 5.68. The second-order valence-corrected chi connectivity index (χ2v) is 6.57. The average Bonchev–Trinajstić information content (AvgIpc) is 2.65. The molecule has 0 aromatic rings. The van der Waals surface area contributed by atoms with Gasteiger partial charge in [-0.15, -0.1) is 0 Å². The van der Waals surface area contributed by atoms with Gasteiger partial charge in [0.1, 0.15) is 0 Å². The van der Waals surface area contributed by atoms with Gasteiger partial charge in [0.15, 0.2) is 0 Å². The first-order valence-corrected chi connectivity index (χ1v) is 10.9. The molecule has 0 rings (SSSR count). The first-order valence-electron chi connectivity index (χ1n) is 10.9. The fourth-order valence-electron chi connectivity index (χ4n) is 4.23. The summed E-state index contributed by atoms with van der Waals surface area (Å²) < 4.78 is 2.60. The standard InChI is InChI=1S/C21H47N4.ClH/c1-10-19(20(22(11-2)12-3)23(13-4)14-5)21(24(15-6)16-7)25(17-8)18-9;/h19-20H,10-18H2,1-9H3;1H/q+1;/p-1. The lowest BCUT2D eigenvalue weighted by Gasteiger charge is -2.43.